The van der Waals surface area contributed by atoms with Crippen molar-refractivity contribution in [2.24, 2.45) is 5.92 Å². The zero-order chi connectivity index (χ0) is 11.8. The molecule has 2 heterocycles. The zero-order valence-electron chi connectivity index (χ0n) is 10.2. The van der Waals surface area contributed by atoms with Gasteiger partial charge in [-0.15, -0.1) is 0 Å². The predicted molar refractivity (Wildman–Crippen MR) is 63.3 cm³/mol. The van der Waals surface area contributed by atoms with Crippen molar-refractivity contribution in [3.05, 3.63) is 0 Å². The lowest BCUT2D eigenvalue weighted by Crippen LogP contribution is -2.62. The van der Waals surface area contributed by atoms with E-state index in [1.54, 1.807) is 0 Å². The SMILES string of the molecule is O=C1C2CCCCN2C(=O)CN1CC1CCC1. The first-order valence-electron chi connectivity index (χ1n) is 6.84. The molecule has 2 saturated heterocycles. The lowest BCUT2D eigenvalue weighted by Gasteiger charge is -2.44. The van der Waals surface area contributed by atoms with Crippen LogP contribution in [0.1, 0.15) is 38.5 Å². The highest BCUT2D eigenvalue weighted by molar-refractivity contribution is 5.95. The van der Waals surface area contributed by atoms with Crippen molar-refractivity contribution in [1.29, 1.82) is 0 Å². The van der Waals surface area contributed by atoms with Crippen molar-refractivity contribution in [3.8, 4) is 0 Å². The number of nitrogens with zero attached hydrogens (tertiary/aromatic N) is 2. The maximum atomic E-state index is 12.3. The van der Waals surface area contributed by atoms with E-state index in [9.17, 15) is 9.59 Å². The van der Waals surface area contributed by atoms with E-state index in [4.69, 9.17) is 0 Å². The lowest BCUT2D eigenvalue weighted by atomic mass is 9.84. The van der Waals surface area contributed by atoms with Gasteiger partial charge < -0.3 is 9.80 Å². The number of rotatable bonds is 2. The Labute approximate surface area is 102 Å². The van der Waals surface area contributed by atoms with E-state index < -0.39 is 0 Å². The number of hydrogen-bond acceptors (Lipinski definition) is 2. The van der Waals surface area contributed by atoms with Crippen molar-refractivity contribution in [1.82, 2.24) is 9.80 Å². The molecule has 1 saturated carbocycles. The Morgan fingerprint density at radius 3 is 2.59 bits per heavy atom. The Morgan fingerprint density at radius 2 is 1.88 bits per heavy atom. The highest BCUT2D eigenvalue weighted by atomic mass is 16.2. The summed E-state index contributed by atoms with van der Waals surface area (Å²) in [7, 11) is 0. The molecule has 0 aromatic rings. The molecule has 0 radical (unpaired) electrons. The Morgan fingerprint density at radius 1 is 1.06 bits per heavy atom. The molecule has 2 aliphatic heterocycles. The van der Waals surface area contributed by atoms with Crippen LogP contribution >= 0.6 is 0 Å². The average Bonchev–Trinajstić information content (AvgIpc) is 2.30. The van der Waals surface area contributed by atoms with E-state index in [-0.39, 0.29) is 17.9 Å². The summed E-state index contributed by atoms with van der Waals surface area (Å²) in [6.45, 7) is 1.92. The molecular formula is C13H20N2O2. The van der Waals surface area contributed by atoms with Gasteiger partial charge in [0.1, 0.15) is 6.04 Å². The van der Waals surface area contributed by atoms with Crippen LogP contribution in [0.2, 0.25) is 0 Å². The van der Waals surface area contributed by atoms with E-state index >= 15 is 0 Å². The third-order valence-corrected chi connectivity index (χ3v) is 4.45. The summed E-state index contributed by atoms with van der Waals surface area (Å²) in [5, 5.41) is 0. The average molecular weight is 236 g/mol. The molecule has 0 aromatic carbocycles. The number of fused-ring (bicyclic) bond motifs is 1. The van der Waals surface area contributed by atoms with Crippen LogP contribution in [-0.2, 0) is 9.59 Å². The first kappa shape index (κ1) is 11.1. The lowest BCUT2D eigenvalue weighted by molar-refractivity contribution is -0.158. The molecular weight excluding hydrogens is 216 g/mol. The van der Waals surface area contributed by atoms with Crippen LogP contribution in [0, 0.1) is 5.92 Å². The molecule has 4 heteroatoms. The zero-order valence-corrected chi connectivity index (χ0v) is 10.2. The molecule has 94 valence electrons. The Kier molecular flexibility index (Phi) is 2.81. The standard InChI is InChI=1S/C13H20N2O2/c16-12-9-14(8-10-4-3-5-10)13(17)11-6-1-2-7-15(11)12/h10-11H,1-9H2. The fraction of sp³-hybridized carbons (Fsp3) is 0.846. The van der Waals surface area contributed by atoms with Gasteiger partial charge >= 0.3 is 0 Å². The van der Waals surface area contributed by atoms with Gasteiger partial charge in [0.2, 0.25) is 11.8 Å². The molecule has 0 N–H and O–H groups in total. The maximum Gasteiger partial charge on any atom is 0.245 e. The third-order valence-electron chi connectivity index (χ3n) is 4.45. The minimum Gasteiger partial charge on any atom is -0.331 e. The van der Waals surface area contributed by atoms with E-state index in [0.29, 0.717) is 12.5 Å². The Balaban J connectivity index is 1.69. The summed E-state index contributed by atoms with van der Waals surface area (Å²) in [6.07, 6.45) is 6.75. The summed E-state index contributed by atoms with van der Waals surface area (Å²) >= 11 is 0. The third kappa shape index (κ3) is 1.94. The largest absolute Gasteiger partial charge is 0.331 e. The minimum absolute atomic E-state index is 0.134. The molecule has 3 fully saturated rings. The molecule has 1 atom stereocenters. The Bertz CT molecular complexity index is 338. The topological polar surface area (TPSA) is 40.6 Å². The van der Waals surface area contributed by atoms with Crippen molar-refractivity contribution < 1.29 is 9.59 Å². The van der Waals surface area contributed by atoms with Gasteiger partial charge in [0, 0.05) is 13.1 Å². The number of carbonyl (C=O) groups excluding carboxylic acids is 2. The van der Waals surface area contributed by atoms with Crippen molar-refractivity contribution in [2.75, 3.05) is 19.6 Å². The van der Waals surface area contributed by atoms with Gasteiger partial charge in [0.25, 0.3) is 0 Å². The Hall–Kier alpha value is -1.06. The number of hydrogen-bond donors (Lipinski definition) is 0. The van der Waals surface area contributed by atoms with E-state index in [2.05, 4.69) is 0 Å². The molecule has 17 heavy (non-hydrogen) atoms. The normalized spacial score (nSPS) is 30.2. The van der Waals surface area contributed by atoms with Crippen LogP contribution in [0.5, 0.6) is 0 Å². The van der Waals surface area contributed by atoms with Gasteiger partial charge in [-0.1, -0.05) is 6.42 Å². The van der Waals surface area contributed by atoms with Crippen LogP contribution < -0.4 is 0 Å². The second kappa shape index (κ2) is 4.31. The summed E-state index contributed by atoms with van der Waals surface area (Å²) in [6, 6.07) is -0.134. The molecule has 2 amide bonds. The summed E-state index contributed by atoms with van der Waals surface area (Å²) in [5.41, 5.74) is 0. The summed E-state index contributed by atoms with van der Waals surface area (Å²) < 4.78 is 0. The molecule has 1 unspecified atom stereocenters. The molecule has 0 spiro atoms. The maximum absolute atomic E-state index is 12.3. The van der Waals surface area contributed by atoms with Crippen molar-refractivity contribution in [3.63, 3.8) is 0 Å². The summed E-state index contributed by atoms with van der Waals surface area (Å²) in [5.74, 6) is 1.02. The first-order valence-corrected chi connectivity index (χ1v) is 6.84. The monoisotopic (exact) mass is 236 g/mol. The fourth-order valence-electron chi connectivity index (χ4n) is 3.17. The van der Waals surface area contributed by atoms with Gasteiger partial charge in [-0.05, 0) is 38.0 Å². The number of piperazine rings is 1. The van der Waals surface area contributed by atoms with Gasteiger partial charge in [-0.25, -0.2) is 0 Å². The van der Waals surface area contributed by atoms with Crippen LogP contribution in [0.25, 0.3) is 0 Å². The highest BCUT2D eigenvalue weighted by Gasteiger charge is 2.41. The van der Waals surface area contributed by atoms with Gasteiger partial charge in [0.15, 0.2) is 0 Å². The van der Waals surface area contributed by atoms with Gasteiger partial charge in [0.05, 0.1) is 6.54 Å². The quantitative estimate of drug-likeness (QED) is 0.718. The number of piperidine rings is 1. The van der Waals surface area contributed by atoms with Crippen LogP contribution in [0.3, 0.4) is 0 Å². The fourth-order valence-corrected chi connectivity index (χ4v) is 3.17. The van der Waals surface area contributed by atoms with E-state index in [1.807, 2.05) is 9.80 Å². The number of amides is 2. The molecule has 0 aromatic heterocycles. The molecule has 1 aliphatic carbocycles. The second-order valence-electron chi connectivity index (χ2n) is 5.61. The van der Waals surface area contributed by atoms with Crippen LogP contribution in [0.4, 0.5) is 0 Å². The highest BCUT2D eigenvalue weighted by Crippen LogP contribution is 2.29. The second-order valence-corrected chi connectivity index (χ2v) is 5.61. The minimum atomic E-state index is -0.134. The van der Waals surface area contributed by atoms with Gasteiger partial charge in [-0.3, -0.25) is 9.59 Å². The molecule has 3 aliphatic rings. The van der Waals surface area contributed by atoms with Crippen molar-refractivity contribution >= 4 is 11.8 Å². The number of carbonyl (C=O) groups is 2. The van der Waals surface area contributed by atoms with Gasteiger partial charge in [-0.2, -0.15) is 0 Å². The van der Waals surface area contributed by atoms with Crippen LogP contribution in [-0.4, -0.2) is 47.3 Å². The van der Waals surface area contributed by atoms with Crippen molar-refractivity contribution in [2.45, 2.75) is 44.6 Å². The molecule has 4 nitrogen and oxygen atoms in total. The molecule has 3 rings (SSSR count). The smallest absolute Gasteiger partial charge is 0.245 e. The molecule has 0 bridgehead atoms. The predicted octanol–water partition coefficient (Wildman–Crippen LogP) is 1.01. The summed E-state index contributed by atoms with van der Waals surface area (Å²) in [4.78, 5) is 27.9. The van der Waals surface area contributed by atoms with E-state index in [1.165, 1.54) is 19.3 Å². The van der Waals surface area contributed by atoms with Crippen LogP contribution in [0.15, 0.2) is 0 Å². The van der Waals surface area contributed by atoms with E-state index in [0.717, 1.165) is 32.4 Å². The first-order chi connectivity index (χ1) is 8.25.